The highest BCUT2D eigenvalue weighted by Crippen LogP contribution is 2.40. The average molecular weight is 673 g/mol. The number of nitrogens with zero attached hydrogens (tertiary/aromatic N) is 2. The van der Waals surface area contributed by atoms with Gasteiger partial charge in [0.15, 0.2) is 0 Å². The summed E-state index contributed by atoms with van der Waals surface area (Å²) in [5.41, 5.74) is 15.8. The Bertz CT molecular complexity index is 2670. The van der Waals surface area contributed by atoms with Gasteiger partial charge < -0.3 is 14.7 Å². The number of hydrogen-bond donors (Lipinski definition) is 2. The average Bonchev–Trinajstić information content (AvgIpc) is 4.04. The summed E-state index contributed by atoms with van der Waals surface area (Å²) in [6.45, 7) is 0. The summed E-state index contributed by atoms with van der Waals surface area (Å²) in [7, 11) is 1.39. The van der Waals surface area contributed by atoms with Gasteiger partial charge in [-0.1, -0.05) is 103 Å². The normalized spacial score (nSPS) is 11.9. The van der Waals surface area contributed by atoms with Gasteiger partial charge in [0.05, 0.1) is 29.7 Å². The first-order valence-electron chi connectivity index (χ1n) is 17.1. The second-order valence-electron chi connectivity index (χ2n) is 12.7. The van der Waals surface area contributed by atoms with Crippen LogP contribution in [0.25, 0.3) is 78.7 Å². The van der Waals surface area contributed by atoms with Crippen LogP contribution in [0.3, 0.4) is 0 Å². The number of benzene rings is 4. The lowest BCUT2D eigenvalue weighted by molar-refractivity contribution is 0.0600. The molecule has 0 saturated carbocycles. The van der Waals surface area contributed by atoms with Crippen LogP contribution in [0.15, 0.2) is 151 Å². The smallest absolute Gasteiger partial charge is 0.337 e. The lowest BCUT2D eigenvalue weighted by atomic mass is 10.0. The molecule has 0 atom stereocenters. The van der Waals surface area contributed by atoms with Crippen LogP contribution in [0.4, 0.5) is 5.69 Å². The lowest BCUT2D eigenvalue weighted by Crippen LogP contribution is -2.00. The van der Waals surface area contributed by atoms with Gasteiger partial charge in [0.2, 0.25) is 0 Å². The largest absolute Gasteiger partial charge is 0.465 e. The van der Waals surface area contributed by atoms with Crippen molar-refractivity contribution in [2.24, 2.45) is 4.99 Å². The molecule has 0 aliphatic carbocycles. The molecule has 5 heterocycles. The van der Waals surface area contributed by atoms with Gasteiger partial charge in [0.25, 0.3) is 0 Å². The van der Waals surface area contributed by atoms with Gasteiger partial charge in [0, 0.05) is 56.1 Å². The van der Waals surface area contributed by atoms with Gasteiger partial charge >= 0.3 is 5.97 Å². The van der Waals surface area contributed by atoms with Crippen molar-refractivity contribution in [3.63, 3.8) is 0 Å². The summed E-state index contributed by atoms with van der Waals surface area (Å²) in [6, 6.07) is 49.3. The van der Waals surface area contributed by atoms with Crippen LogP contribution in [0.1, 0.15) is 27.3 Å². The summed E-state index contributed by atoms with van der Waals surface area (Å²) in [4.78, 5) is 30.3. The van der Waals surface area contributed by atoms with Gasteiger partial charge in [-0.05, 0) is 76.9 Å². The predicted molar refractivity (Wildman–Crippen MR) is 212 cm³/mol. The van der Waals surface area contributed by atoms with Gasteiger partial charge in [-0.15, -0.1) is 0 Å². The molecule has 0 unspecified atom stereocenters. The molecule has 0 fully saturated rings. The number of aromatic nitrogens is 3. The van der Waals surface area contributed by atoms with E-state index in [9.17, 15) is 4.79 Å². The highest BCUT2D eigenvalue weighted by molar-refractivity contribution is 6.05. The van der Waals surface area contributed by atoms with Crippen molar-refractivity contribution in [2.45, 2.75) is 0 Å². The van der Waals surface area contributed by atoms with Crippen LogP contribution >= 0.6 is 0 Å². The third kappa shape index (κ3) is 5.53. The zero-order valence-electron chi connectivity index (χ0n) is 28.3. The fourth-order valence-corrected chi connectivity index (χ4v) is 7.16. The molecule has 2 aliphatic heterocycles. The predicted octanol–water partition coefficient (Wildman–Crippen LogP) is 11.3. The van der Waals surface area contributed by atoms with Crippen molar-refractivity contribution in [3.05, 3.63) is 168 Å². The number of carbonyl (C=O) groups is 1. The van der Waals surface area contributed by atoms with Crippen molar-refractivity contribution in [1.29, 1.82) is 0 Å². The van der Waals surface area contributed by atoms with E-state index < -0.39 is 0 Å². The summed E-state index contributed by atoms with van der Waals surface area (Å²) in [5.74, 6) is -0.380. The van der Waals surface area contributed by atoms with Crippen molar-refractivity contribution in [1.82, 2.24) is 15.0 Å². The quantitative estimate of drug-likeness (QED) is 0.179. The first kappa shape index (κ1) is 31.0. The Balaban J connectivity index is 1.45. The SMILES string of the molecule is COC(=O)c1ccc(-c2c3nc(c(-c4ccccc4)c4ccc([nH]4)c(-c4ccccc4)c4cc(c(-c5ccccc5)c5ccc2[nH]5)N=C4)C=C3)cc1. The number of ether oxygens (including phenoxy) is 1. The van der Waals surface area contributed by atoms with Crippen molar-refractivity contribution in [2.75, 3.05) is 7.11 Å². The number of nitrogens with one attached hydrogen (secondary N) is 2. The van der Waals surface area contributed by atoms with Gasteiger partial charge in [-0.3, -0.25) is 4.99 Å². The third-order valence-electron chi connectivity index (χ3n) is 9.56. The summed E-state index contributed by atoms with van der Waals surface area (Å²) >= 11 is 0. The molecule has 7 aromatic rings. The Hall–Kier alpha value is -7.05. The second-order valence-corrected chi connectivity index (χ2v) is 12.7. The number of fused-ring (bicyclic) bond motifs is 8. The Morgan fingerprint density at radius 3 is 1.48 bits per heavy atom. The van der Waals surface area contributed by atoms with Gasteiger partial charge in [-0.2, -0.15) is 0 Å². The molecular weight excluding hydrogens is 641 g/mol. The van der Waals surface area contributed by atoms with Gasteiger partial charge in [-0.25, -0.2) is 9.78 Å². The maximum Gasteiger partial charge on any atom is 0.337 e. The number of esters is 1. The third-order valence-corrected chi connectivity index (χ3v) is 9.56. The molecule has 0 saturated heterocycles. The van der Waals surface area contributed by atoms with E-state index in [1.165, 1.54) is 7.11 Å². The van der Waals surface area contributed by atoms with Crippen molar-refractivity contribution >= 4 is 52.1 Å². The summed E-state index contributed by atoms with van der Waals surface area (Å²) < 4.78 is 4.98. The highest BCUT2D eigenvalue weighted by atomic mass is 16.5. The standard InChI is InChI=1S/C46H32N4O2/c1-52-46(51)33-19-17-32(18-20-33)44-38-24-23-37(49-38)43(30-13-7-3-8-14-30)36-22-21-35(48-36)42(29-11-5-2-6-12-29)34-27-41(47-28-34)45(31-15-9-4-10-16-31)40-26-25-39(44)50-40/h2-28,48,50H,1H3. The first-order valence-corrected chi connectivity index (χ1v) is 17.1. The molecule has 0 amide bonds. The van der Waals surface area contributed by atoms with Crippen LogP contribution in [0, 0.1) is 0 Å². The molecule has 2 N–H and O–H groups in total. The molecule has 4 aromatic carbocycles. The molecule has 6 nitrogen and oxygen atoms in total. The maximum absolute atomic E-state index is 12.4. The number of methoxy groups -OCH3 is 1. The zero-order chi connectivity index (χ0) is 35.0. The topological polar surface area (TPSA) is 83.1 Å². The number of carbonyl (C=O) groups excluding carboxylic acids is 1. The van der Waals surface area contributed by atoms with Crippen LogP contribution in [0.2, 0.25) is 0 Å². The molecule has 0 spiro atoms. The number of aliphatic imine (C=N–C) groups is 1. The fraction of sp³-hybridized carbons (Fsp3) is 0.0217. The Kier molecular flexibility index (Phi) is 7.75. The molecule has 3 aromatic heterocycles. The lowest BCUT2D eigenvalue weighted by Gasteiger charge is -2.07. The van der Waals surface area contributed by atoms with Crippen LogP contribution in [0.5, 0.6) is 0 Å². The number of hydrogen-bond acceptors (Lipinski definition) is 4. The summed E-state index contributed by atoms with van der Waals surface area (Å²) in [6.07, 6.45) is 6.12. The molecule has 0 radical (unpaired) electrons. The molecular formula is C46H32N4O2. The van der Waals surface area contributed by atoms with Crippen LogP contribution < -0.4 is 0 Å². The van der Waals surface area contributed by atoms with Crippen LogP contribution in [-0.4, -0.2) is 34.2 Å². The van der Waals surface area contributed by atoms with E-state index >= 15 is 0 Å². The van der Waals surface area contributed by atoms with E-state index in [2.05, 4.69) is 113 Å². The molecule has 6 heteroatoms. The maximum atomic E-state index is 12.4. The highest BCUT2D eigenvalue weighted by Gasteiger charge is 2.19. The Morgan fingerprint density at radius 2 is 0.962 bits per heavy atom. The van der Waals surface area contributed by atoms with E-state index in [0.717, 1.165) is 89.2 Å². The van der Waals surface area contributed by atoms with Crippen molar-refractivity contribution in [3.8, 4) is 44.5 Å². The number of H-pyrrole nitrogens is 2. The van der Waals surface area contributed by atoms with E-state index in [4.69, 9.17) is 14.7 Å². The monoisotopic (exact) mass is 672 g/mol. The molecule has 248 valence electrons. The van der Waals surface area contributed by atoms with E-state index in [0.29, 0.717) is 5.56 Å². The number of rotatable bonds is 5. The Morgan fingerprint density at radius 1 is 0.519 bits per heavy atom. The Labute approximate surface area is 300 Å². The van der Waals surface area contributed by atoms with Crippen molar-refractivity contribution < 1.29 is 9.53 Å². The molecule has 9 rings (SSSR count). The first-order chi connectivity index (χ1) is 25.6. The number of aromatic amines is 2. The minimum atomic E-state index is -0.380. The zero-order valence-corrected chi connectivity index (χ0v) is 28.3. The molecule has 2 aliphatic rings. The summed E-state index contributed by atoms with van der Waals surface area (Å²) in [5, 5.41) is 0. The second kappa shape index (κ2) is 13.0. The van der Waals surface area contributed by atoms with Crippen LogP contribution in [-0.2, 0) is 4.74 Å². The minimum absolute atomic E-state index is 0.380. The van der Waals surface area contributed by atoms with E-state index in [1.54, 1.807) is 12.1 Å². The fourth-order valence-electron chi connectivity index (χ4n) is 7.16. The molecule has 8 bridgehead atoms. The van der Waals surface area contributed by atoms with E-state index in [1.807, 2.05) is 48.7 Å². The molecule has 52 heavy (non-hydrogen) atoms. The van der Waals surface area contributed by atoms with Gasteiger partial charge in [0.1, 0.15) is 0 Å². The van der Waals surface area contributed by atoms with E-state index in [-0.39, 0.29) is 5.97 Å². The minimum Gasteiger partial charge on any atom is -0.465 e.